The lowest BCUT2D eigenvalue weighted by Gasteiger charge is -2.30. The van der Waals surface area contributed by atoms with Crippen molar-refractivity contribution in [1.29, 1.82) is 0 Å². The molecule has 1 aliphatic heterocycles. The zero-order chi connectivity index (χ0) is 23.9. The van der Waals surface area contributed by atoms with Gasteiger partial charge in [-0.05, 0) is 36.4 Å². The van der Waals surface area contributed by atoms with Crippen LogP contribution in [-0.2, 0) is 11.8 Å². The zero-order valence-electron chi connectivity index (χ0n) is 19.0. The van der Waals surface area contributed by atoms with Crippen molar-refractivity contribution in [3.63, 3.8) is 0 Å². The van der Waals surface area contributed by atoms with E-state index < -0.39 is 0 Å². The highest BCUT2D eigenvalue weighted by Crippen LogP contribution is 2.48. The highest BCUT2D eigenvalue weighted by Gasteiger charge is 2.28. The molecule has 0 N–H and O–H groups in total. The van der Waals surface area contributed by atoms with Gasteiger partial charge >= 0.3 is 0 Å². The number of methoxy groups -OCH3 is 1. The number of hydrogen-bond donors (Lipinski definition) is 0. The van der Waals surface area contributed by atoms with Gasteiger partial charge in [0.05, 0.1) is 24.2 Å². The molecule has 3 aromatic carbocycles. The Balaban J connectivity index is 1.26. The summed E-state index contributed by atoms with van der Waals surface area (Å²) in [5.74, 6) is 2.04. The molecule has 0 atom stereocenters. The number of carbonyl (C=O) groups excluding carboxylic acids is 1. The minimum Gasteiger partial charge on any atom is -0.493 e. The van der Waals surface area contributed by atoms with Crippen LogP contribution in [0.1, 0.15) is 0 Å². The number of furan rings is 1. The molecule has 35 heavy (non-hydrogen) atoms. The van der Waals surface area contributed by atoms with Gasteiger partial charge in [0.15, 0.2) is 28.1 Å². The van der Waals surface area contributed by atoms with E-state index in [-0.39, 0.29) is 11.7 Å². The molecule has 2 aromatic heterocycles. The smallest absolute Gasteiger partial charge is 0.242 e. The van der Waals surface area contributed by atoms with Crippen molar-refractivity contribution in [2.75, 3.05) is 17.8 Å². The number of benzene rings is 3. The van der Waals surface area contributed by atoms with E-state index in [0.29, 0.717) is 28.1 Å². The Hall–Kier alpha value is -3.69. The fraction of sp³-hybridized carbons (Fsp3) is 0.115. The van der Waals surface area contributed by atoms with Crippen LogP contribution in [0.4, 0.5) is 11.4 Å². The lowest BCUT2D eigenvalue weighted by Crippen LogP contribution is -2.30. The summed E-state index contributed by atoms with van der Waals surface area (Å²) in [5, 5.41) is 10.2. The second kappa shape index (κ2) is 8.83. The van der Waals surface area contributed by atoms with Gasteiger partial charge in [-0.25, -0.2) is 0 Å². The van der Waals surface area contributed by atoms with Crippen LogP contribution in [-0.4, -0.2) is 33.5 Å². The number of thioether (sulfide) groups is 1. The summed E-state index contributed by atoms with van der Waals surface area (Å²) in [4.78, 5) is 17.4. The maximum absolute atomic E-state index is 13.5. The van der Waals surface area contributed by atoms with E-state index in [1.54, 1.807) is 23.8 Å². The van der Waals surface area contributed by atoms with Crippen LogP contribution in [0.25, 0.3) is 22.6 Å². The number of carbonyl (C=O) groups is 1. The highest BCUT2D eigenvalue weighted by molar-refractivity contribution is 8.00. The van der Waals surface area contributed by atoms with Gasteiger partial charge in [-0.1, -0.05) is 59.9 Å². The largest absolute Gasteiger partial charge is 0.493 e. The Labute approximate surface area is 210 Å². The van der Waals surface area contributed by atoms with Crippen LogP contribution >= 0.6 is 23.5 Å². The second-order valence-corrected chi connectivity index (χ2v) is 9.94. The normalized spacial score (nSPS) is 12.5. The van der Waals surface area contributed by atoms with E-state index in [2.05, 4.69) is 10.2 Å². The van der Waals surface area contributed by atoms with Crippen LogP contribution in [0, 0.1) is 0 Å². The Morgan fingerprint density at radius 3 is 2.43 bits per heavy atom. The molecule has 0 spiro atoms. The maximum atomic E-state index is 13.5. The van der Waals surface area contributed by atoms with Gasteiger partial charge in [-0.2, -0.15) is 0 Å². The Kier molecular flexibility index (Phi) is 5.50. The summed E-state index contributed by atoms with van der Waals surface area (Å²) in [5.41, 5.74) is 2.46. The Bertz CT molecular complexity index is 1530. The van der Waals surface area contributed by atoms with Gasteiger partial charge in [0, 0.05) is 22.2 Å². The summed E-state index contributed by atoms with van der Waals surface area (Å²) >= 11 is 3.03. The number of nitrogens with zero attached hydrogens (tertiary/aromatic N) is 4. The van der Waals surface area contributed by atoms with Crippen molar-refractivity contribution in [2.24, 2.45) is 7.05 Å². The third-order valence-electron chi connectivity index (χ3n) is 5.79. The summed E-state index contributed by atoms with van der Waals surface area (Å²) in [6.45, 7) is 0. The molecule has 0 saturated carbocycles. The first-order chi connectivity index (χ1) is 17.1. The molecule has 9 heteroatoms. The molecule has 0 bridgehead atoms. The minimum absolute atomic E-state index is 0.0202. The summed E-state index contributed by atoms with van der Waals surface area (Å²) in [6.07, 6.45) is 0. The average molecular weight is 501 g/mol. The summed E-state index contributed by atoms with van der Waals surface area (Å²) < 4.78 is 13.3. The predicted molar refractivity (Wildman–Crippen MR) is 138 cm³/mol. The number of anilines is 2. The molecule has 0 unspecified atom stereocenters. The summed E-state index contributed by atoms with van der Waals surface area (Å²) in [7, 11) is 3.48. The third kappa shape index (κ3) is 3.77. The number of para-hydroxylation sites is 3. The first-order valence-electron chi connectivity index (χ1n) is 10.9. The number of ether oxygens (including phenoxy) is 1. The molecule has 5 aromatic rings. The SMILES string of the molecule is COc1cccc2cc(-c3nnc(SCC(=O)N4c5ccccc5Sc5ccccc54)n3C)oc12. The quantitative estimate of drug-likeness (QED) is 0.268. The van der Waals surface area contributed by atoms with E-state index in [4.69, 9.17) is 9.15 Å². The molecule has 0 saturated heterocycles. The number of fused-ring (bicyclic) bond motifs is 3. The van der Waals surface area contributed by atoms with Crippen LogP contribution < -0.4 is 9.64 Å². The van der Waals surface area contributed by atoms with Gasteiger partial charge in [0.2, 0.25) is 5.91 Å². The third-order valence-corrected chi connectivity index (χ3v) is 7.92. The minimum atomic E-state index is -0.0202. The van der Waals surface area contributed by atoms with E-state index >= 15 is 0 Å². The fourth-order valence-electron chi connectivity index (χ4n) is 4.13. The molecule has 0 radical (unpaired) electrons. The van der Waals surface area contributed by atoms with E-state index in [9.17, 15) is 4.79 Å². The van der Waals surface area contributed by atoms with E-state index in [0.717, 1.165) is 26.6 Å². The lowest BCUT2D eigenvalue weighted by molar-refractivity contribution is -0.115. The van der Waals surface area contributed by atoms with Gasteiger partial charge in [-0.3, -0.25) is 9.69 Å². The molecule has 0 aliphatic carbocycles. The number of hydrogen-bond acceptors (Lipinski definition) is 7. The van der Waals surface area contributed by atoms with Gasteiger partial charge < -0.3 is 13.7 Å². The van der Waals surface area contributed by atoms with Crippen molar-refractivity contribution in [3.8, 4) is 17.3 Å². The Morgan fingerprint density at radius 1 is 1.00 bits per heavy atom. The van der Waals surface area contributed by atoms with Gasteiger partial charge in [0.25, 0.3) is 0 Å². The maximum Gasteiger partial charge on any atom is 0.242 e. The van der Waals surface area contributed by atoms with Gasteiger partial charge in [0.1, 0.15) is 0 Å². The van der Waals surface area contributed by atoms with E-state index in [1.807, 2.05) is 84.4 Å². The number of rotatable bonds is 5. The van der Waals surface area contributed by atoms with Crippen molar-refractivity contribution < 1.29 is 13.9 Å². The first-order valence-corrected chi connectivity index (χ1v) is 12.7. The first kappa shape index (κ1) is 21.8. The molecule has 3 heterocycles. The fourth-order valence-corrected chi connectivity index (χ4v) is 5.94. The van der Waals surface area contributed by atoms with Gasteiger partial charge in [-0.15, -0.1) is 10.2 Å². The molecular formula is C26H20N4O3S2. The molecule has 1 amide bonds. The molecule has 7 nitrogen and oxygen atoms in total. The molecule has 0 fully saturated rings. The summed E-state index contributed by atoms with van der Waals surface area (Å²) in [6, 6.07) is 23.6. The van der Waals surface area contributed by atoms with Crippen LogP contribution in [0.5, 0.6) is 5.75 Å². The molecular weight excluding hydrogens is 480 g/mol. The van der Waals surface area contributed by atoms with Crippen molar-refractivity contribution in [1.82, 2.24) is 14.8 Å². The average Bonchev–Trinajstić information content (AvgIpc) is 3.48. The monoisotopic (exact) mass is 500 g/mol. The van der Waals surface area contributed by atoms with E-state index in [1.165, 1.54) is 11.8 Å². The van der Waals surface area contributed by atoms with Crippen LogP contribution in [0.2, 0.25) is 0 Å². The Morgan fingerprint density at radius 2 is 1.71 bits per heavy atom. The molecule has 6 rings (SSSR count). The molecule has 1 aliphatic rings. The van der Waals surface area contributed by atoms with Crippen LogP contribution in [0.15, 0.2) is 92.2 Å². The molecule has 174 valence electrons. The second-order valence-electron chi connectivity index (χ2n) is 7.91. The number of amides is 1. The van der Waals surface area contributed by atoms with Crippen molar-refractivity contribution in [3.05, 3.63) is 72.8 Å². The number of aromatic nitrogens is 3. The van der Waals surface area contributed by atoms with Crippen LogP contribution in [0.3, 0.4) is 0 Å². The standard InChI is InChI=1S/C26H20N4O3S2/c1-29-25(20-14-16-8-7-11-19(32-2)24(16)33-20)27-28-26(29)34-15-23(31)30-17-9-3-5-12-21(17)35-22-13-6-4-10-18(22)30/h3-14H,15H2,1-2H3. The van der Waals surface area contributed by atoms with Crippen molar-refractivity contribution in [2.45, 2.75) is 14.9 Å². The topological polar surface area (TPSA) is 73.4 Å². The lowest BCUT2D eigenvalue weighted by atomic mass is 10.2. The van der Waals surface area contributed by atoms with Crippen molar-refractivity contribution >= 4 is 51.8 Å². The predicted octanol–water partition coefficient (Wildman–Crippen LogP) is 6.16. The zero-order valence-corrected chi connectivity index (χ0v) is 20.6. The highest BCUT2D eigenvalue weighted by atomic mass is 32.2.